The van der Waals surface area contributed by atoms with Crippen LogP contribution in [-0.2, 0) is 13.0 Å². The molecule has 1 unspecified atom stereocenters. The SMILES string of the molecule is CCCn1ncnc1CC(NCC)c1ncccc1Br. The van der Waals surface area contributed by atoms with Gasteiger partial charge >= 0.3 is 0 Å². The number of halogens is 1. The Morgan fingerprint density at radius 1 is 1.35 bits per heavy atom. The van der Waals surface area contributed by atoms with Crippen LogP contribution in [0, 0.1) is 0 Å². The zero-order valence-electron chi connectivity index (χ0n) is 11.9. The maximum absolute atomic E-state index is 4.49. The molecular weight excluding hydrogens is 318 g/mol. The predicted molar refractivity (Wildman–Crippen MR) is 82.4 cm³/mol. The first-order valence-corrected chi connectivity index (χ1v) is 7.76. The van der Waals surface area contributed by atoms with E-state index in [4.69, 9.17) is 0 Å². The highest BCUT2D eigenvalue weighted by Gasteiger charge is 2.18. The molecule has 0 radical (unpaired) electrons. The number of pyridine rings is 1. The fourth-order valence-corrected chi connectivity index (χ4v) is 2.72. The molecule has 6 heteroatoms. The zero-order valence-corrected chi connectivity index (χ0v) is 13.5. The average molecular weight is 338 g/mol. The van der Waals surface area contributed by atoms with E-state index in [9.17, 15) is 0 Å². The summed E-state index contributed by atoms with van der Waals surface area (Å²) in [5.41, 5.74) is 1.01. The maximum atomic E-state index is 4.49. The quantitative estimate of drug-likeness (QED) is 0.843. The number of rotatable bonds is 7. The van der Waals surface area contributed by atoms with E-state index in [1.807, 2.05) is 23.0 Å². The molecule has 0 saturated carbocycles. The summed E-state index contributed by atoms with van der Waals surface area (Å²) in [7, 11) is 0. The van der Waals surface area contributed by atoms with Crippen LogP contribution in [0.15, 0.2) is 29.1 Å². The number of hydrogen-bond donors (Lipinski definition) is 1. The number of nitrogens with zero attached hydrogens (tertiary/aromatic N) is 4. The van der Waals surface area contributed by atoms with Crippen molar-refractivity contribution < 1.29 is 0 Å². The van der Waals surface area contributed by atoms with E-state index in [0.717, 1.165) is 41.9 Å². The van der Waals surface area contributed by atoms with E-state index in [1.165, 1.54) is 0 Å². The molecule has 0 aromatic carbocycles. The van der Waals surface area contributed by atoms with Gasteiger partial charge in [-0.25, -0.2) is 4.98 Å². The van der Waals surface area contributed by atoms with Gasteiger partial charge in [-0.1, -0.05) is 13.8 Å². The number of aryl methyl sites for hydroxylation is 1. The molecule has 0 saturated heterocycles. The lowest BCUT2D eigenvalue weighted by Gasteiger charge is -2.18. The van der Waals surface area contributed by atoms with Crippen LogP contribution >= 0.6 is 15.9 Å². The molecule has 0 fully saturated rings. The third-order valence-corrected chi connectivity index (χ3v) is 3.76. The molecule has 0 aliphatic rings. The molecule has 1 N–H and O–H groups in total. The fourth-order valence-electron chi connectivity index (χ4n) is 2.19. The Hall–Kier alpha value is -1.27. The summed E-state index contributed by atoms with van der Waals surface area (Å²) in [6, 6.07) is 4.08. The van der Waals surface area contributed by atoms with Crippen molar-refractivity contribution in [3.8, 4) is 0 Å². The second kappa shape index (κ2) is 7.50. The van der Waals surface area contributed by atoms with Gasteiger partial charge in [0.05, 0.1) is 11.7 Å². The lowest BCUT2D eigenvalue weighted by atomic mass is 10.1. The number of aromatic nitrogens is 4. The third kappa shape index (κ3) is 3.64. The van der Waals surface area contributed by atoms with Gasteiger partial charge in [0, 0.05) is 23.6 Å². The highest BCUT2D eigenvalue weighted by Crippen LogP contribution is 2.23. The Labute approximate surface area is 128 Å². The lowest BCUT2D eigenvalue weighted by Crippen LogP contribution is -2.25. The van der Waals surface area contributed by atoms with Crippen LogP contribution in [0.1, 0.15) is 37.8 Å². The topological polar surface area (TPSA) is 55.6 Å². The predicted octanol–water partition coefficient (Wildman–Crippen LogP) is 2.74. The van der Waals surface area contributed by atoms with Crippen molar-refractivity contribution in [1.29, 1.82) is 0 Å². The van der Waals surface area contributed by atoms with Crippen molar-refractivity contribution in [2.45, 2.75) is 39.3 Å². The molecule has 108 valence electrons. The van der Waals surface area contributed by atoms with E-state index in [0.29, 0.717) is 0 Å². The van der Waals surface area contributed by atoms with Crippen LogP contribution in [0.3, 0.4) is 0 Å². The minimum atomic E-state index is 0.135. The number of likely N-dealkylation sites (N-methyl/N-ethyl adjacent to an activating group) is 1. The minimum Gasteiger partial charge on any atom is -0.308 e. The van der Waals surface area contributed by atoms with Crippen LogP contribution in [0.2, 0.25) is 0 Å². The van der Waals surface area contributed by atoms with Gasteiger partial charge in [-0.15, -0.1) is 0 Å². The average Bonchev–Trinajstić information content (AvgIpc) is 2.87. The molecular formula is C14H20BrN5. The second-order valence-corrected chi connectivity index (χ2v) is 5.44. The molecule has 20 heavy (non-hydrogen) atoms. The monoisotopic (exact) mass is 337 g/mol. The van der Waals surface area contributed by atoms with Crippen molar-refractivity contribution in [2.24, 2.45) is 0 Å². The van der Waals surface area contributed by atoms with Crippen molar-refractivity contribution in [2.75, 3.05) is 6.54 Å². The maximum Gasteiger partial charge on any atom is 0.138 e. The fraction of sp³-hybridized carbons (Fsp3) is 0.500. The van der Waals surface area contributed by atoms with Gasteiger partial charge in [0.2, 0.25) is 0 Å². The van der Waals surface area contributed by atoms with Gasteiger partial charge in [0.25, 0.3) is 0 Å². The summed E-state index contributed by atoms with van der Waals surface area (Å²) in [5.74, 6) is 0.996. The van der Waals surface area contributed by atoms with Crippen molar-refractivity contribution in [3.05, 3.63) is 40.6 Å². The summed E-state index contributed by atoms with van der Waals surface area (Å²) in [6.45, 7) is 6.02. The molecule has 0 spiro atoms. The highest BCUT2D eigenvalue weighted by molar-refractivity contribution is 9.10. The van der Waals surface area contributed by atoms with Crippen LogP contribution in [-0.4, -0.2) is 26.3 Å². The van der Waals surface area contributed by atoms with Crippen LogP contribution in [0.25, 0.3) is 0 Å². The van der Waals surface area contributed by atoms with Crippen LogP contribution < -0.4 is 5.32 Å². The van der Waals surface area contributed by atoms with E-state index in [1.54, 1.807) is 6.33 Å². The van der Waals surface area contributed by atoms with Crippen LogP contribution in [0.5, 0.6) is 0 Å². The van der Waals surface area contributed by atoms with E-state index in [-0.39, 0.29) is 6.04 Å². The van der Waals surface area contributed by atoms with Gasteiger partial charge in [-0.2, -0.15) is 5.10 Å². The smallest absolute Gasteiger partial charge is 0.138 e. The summed E-state index contributed by atoms with van der Waals surface area (Å²) in [6.07, 6.45) is 5.28. The first-order chi connectivity index (χ1) is 9.76. The largest absolute Gasteiger partial charge is 0.308 e. The molecule has 0 amide bonds. The number of nitrogens with one attached hydrogen (secondary N) is 1. The number of hydrogen-bond acceptors (Lipinski definition) is 4. The summed E-state index contributed by atoms with van der Waals surface area (Å²) >= 11 is 3.57. The van der Waals surface area contributed by atoms with Crippen molar-refractivity contribution in [1.82, 2.24) is 25.1 Å². The van der Waals surface area contributed by atoms with Gasteiger partial charge in [0.15, 0.2) is 0 Å². The first kappa shape index (κ1) is 15.1. The standard InChI is InChI=1S/C14H20BrN5/c1-3-8-20-13(18-10-19-20)9-12(16-4-2)14-11(15)6-5-7-17-14/h5-7,10,12,16H,3-4,8-9H2,1-2H3. The third-order valence-electron chi connectivity index (χ3n) is 3.09. The normalized spacial score (nSPS) is 12.6. The zero-order chi connectivity index (χ0) is 14.4. The molecule has 0 aliphatic carbocycles. The second-order valence-electron chi connectivity index (χ2n) is 4.58. The Balaban J connectivity index is 2.21. The van der Waals surface area contributed by atoms with Crippen molar-refractivity contribution >= 4 is 15.9 Å². The van der Waals surface area contributed by atoms with Gasteiger partial charge in [0.1, 0.15) is 12.2 Å². The molecule has 2 aromatic heterocycles. The molecule has 0 bridgehead atoms. The van der Waals surface area contributed by atoms with E-state index in [2.05, 4.69) is 50.2 Å². The Morgan fingerprint density at radius 2 is 2.20 bits per heavy atom. The van der Waals surface area contributed by atoms with E-state index < -0.39 is 0 Å². The van der Waals surface area contributed by atoms with Gasteiger partial charge < -0.3 is 5.32 Å². The molecule has 0 aliphatic heterocycles. The molecule has 1 atom stereocenters. The Bertz CT molecular complexity index is 540. The van der Waals surface area contributed by atoms with Crippen LogP contribution in [0.4, 0.5) is 0 Å². The summed E-state index contributed by atoms with van der Waals surface area (Å²) < 4.78 is 2.99. The van der Waals surface area contributed by atoms with Gasteiger partial charge in [-0.3, -0.25) is 9.67 Å². The summed E-state index contributed by atoms with van der Waals surface area (Å²) in [4.78, 5) is 8.87. The minimum absolute atomic E-state index is 0.135. The Kier molecular flexibility index (Phi) is 5.67. The molecule has 2 heterocycles. The highest BCUT2D eigenvalue weighted by atomic mass is 79.9. The molecule has 2 rings (SSSR count). The summed E-state index contributed by atoms with van der Waals surface area (Å²) in [5, 5.41) is 7.75. The van der Waals surface area contributed by atoms with Crippen molar-refractivity contribution in [3.63, 3.8) is 0 Å². The first-order valence-electron chi connectivity index (χ1n) is 6.96. The molecule has 5 nitrogen and oxygen atoms in total. The van der Waals surface area contributed by atoms with Gasteiger partial charge in [-0.05, 0) is 41.0 Å². The molecule has 2 aromatic rings. The Morgan fingerprint density at radius 3 is 2.90 bits per heavy atom. The lowest BCUT2D eigenvalue weighted by molar-refractivity contribution is 0.489. The van der Waals surface area contributed by atoms with E-state index >= 15 is 0 Å².